The molecular weight excluding hydrogens is 208 g/mol. The molecule has 0 amide bonds. The summed E-state index contributed by atoms with van der Waals surface area (Å²) in [7, 11) is 0. The smallest absolute Gasteiger partial charge is 0.0460 e. The number of benzene rings is 1. The van der Waals surface area contributed by atoms with Crippen LogP contribution >= 0.6 is 11.6 Å². The quantitative estimate of drug-likeness (QED) is 0.704. The highest BCUT2D eigenvalue weighted by molar-refractivity contribution is 6.31. The van der Waals surface area contributed by atoms with Gasteiger partial charge >= 0.3 is 0 Å². The second-order valence-electron chi connectivity index (χ2n) is 4.27. The molecule has 1 aliphatic carbocycles. The zero-order chi connectivity index (χ0) is 10.4. The van der Waals surface area contributed by atoms with Gasteiger partial charge in [0.05, 0.1) is 0 Å². The maximum absolute atomic E-state index is 6.01. The first kappa shape index (κ1) is 9.25. The van der Waals surface area contributed by atoms with Crippen molar-refractivity contribution in [3.63, 3.8) is 0 Å². The average Bonchev–Trinajstić information content (AvgIpc) is 2.56. The molecular formula is C12H13ClN2. The summed E-state index contributed by atoms with van der Waals surface area (Å²) in [6.45, 7) is 0. The predicted molar refractivity (Wildman–Crippen MR) is 63.3 cm³/mol. The highest BCUT2D eigenvalue weighted by Gasteiger charge is 2.19. The molecule has 0 radical (unpaired) electrons. The van der Waals surface area contributed by atoms with E-state index in [1.54, 1.807) is 0 Å². The fourth-order valence-electron chi connectivity index (χ4n) is 2.42. The Morgan fingerprint density at radius 3 is 3.13 bits per heavy atom. The van der Waals surface area contributed by atoms with Crippen molar-refractivity contribution in [1.82, 2.24) is 4.98 Å². The number of fused-ring (bicyclic) bond motifs is 3. The molecule has 1 aliphatic rings. The van der Waals surface area contributed by atoms with Gasteiger partial charge in [-0.1, -0.05) is 11.6 Å². The van der Waals surface area contributed by atoms with Crippen molar-refractivity contribution < 1.29 is 0 Å². The van der Waals surface area contributed by atoms with E-state index in [1.165, 1.54) is 22.2 Å². The van der Waals surface area contributed by atoms with Crippen LogP contribution in [0.15, 0.2) is 18.2 Å². The molecule has 3 heteroatoms. The molecule has 3 rings (SSSR count). The maximum atomic E-state index is 6.01. The van der Waals surface area contributed by atoms with Gasteiger partial charge in [0.1, 0.15) is 0 Å². The molecule has 1 heterocycles. The van der Waals surface area contributed by atoms with E-state index < -0.39 is 0 Å². The number of nitrogens with two attached hydrogens (primary N) is 1. The molecule has 1 atom stereocenters. The Hall–Kier alpha value is -0.990. The van der Waals surface area contributed by atoms with Crippen molar-refractivity contribution >= 4 is 22.5 Å². The number of hydrogen-bond donors (Lipinski definition) is 2. The summed E-state index contributed by atoms with van der Waals surface area (Å²) in [6.07, 6.45) is 3.10. The van der Waals surface area contributed by atoms with Gasteiger partial charge in [0.25, 0.3) is 0 Å². The Morgan fingerprint density at radius 2 is 2.27 bits per heavy atom. The molecule has 2 aromatic rings. The van der Waals surface area contributed by atoms with E-state index >= 15 is 0 Å². The first-order valence-corrected chi connectivity index (χ1v) is 5.66. The highest BCUT2D eigenvalue weighted by Crippen LogP contribution is 2.30. The topological polar surface area (TPSA) is 41.8 Å². The van der Waals surface area contributed by atoms with Crippen molar-refractivity contribution in [1.29, 1.82) is 0 Å². The Kier molecular flexibility index (Phi) is 2.01. The lowest BCUT2D eigenvalue weighted by Gasteiger charge is -2.18. The standard InChI is InChI=1S/C12H13ClN2/c13-7-1-3-11-9(5-7)10-6-8(14)2-4-12(10)15-11/h1,3,5,8,15H,2,4,6,14H2/t8-/m0/s1. The molecule has 0 saturated carbocycles. The summed E-state index contributed by atoms with van der Waals surface area (Å²) < 4.78 is 0. The Bertz CT molecular complexity index is 516. The second kappa shape index (κ2) is 3.26. The third-order valence-corrected chi connectivity index (χ3v) is 3.42. The summed E-state index contributed by atoms with van der Waals surface area (Å²) in [5, 5.41) is 2.04. The molecule has 1 aromatic carbocycles. The van der Waals surface area contributed by atoms with Gasteiger partial charge in [-0.3, -0.25) is 0 Å². The Balaban J connectivity index is 2.25. The summed E-state index contributed by atoms with van der Waals surface area (Å²) >= 11 is 6.01. The third-order valence-electron chi connectivity index (χ3n) is 3.19. The number of rotatable bonds is 0. The third kappa shape index (κ3) is 1.45. The molecule has 0 unspecified atom stereocenters. The maximum Gasteiger partial charge on any atom is 0.0460 e. The van der Waals surface area contributed by atoms with Crippen LogP contribution in [0.1, 0.15) is 17.7 Å². The van der Waals surface area contributed by atoms with Crippen LogP contribution in [-0.2, 0) is 12.8 Å². The average molecular weight is 221 g/mol. The molecule has 1 aromatic heterocycles. The molecule has 15 heavy (non-hydrogen) atoms. The number of aryl methyl sites for hydroxylation is 1. The number of hydrogen-bond acceptors (Lipinski definition) is 1. The SMILES string of the molecule is N[C@H]1CCc2[nH]c3ccc(Cl)cc3c2C1. The van der Waals surface area contributed by atoms with Gasteiger partial charge in [-0.2, -0.15) is 0 Å². The van der Waals surface area contributed by atoms with Gasteiger partial charge in [-0.25, -0.2) is 0 Å². The van der Waals surface area contributed by atoms with Crippen LogP contribution in [0, 0.1) is 0 Å². The van der Waals surface area contributed by atoms with E-state index in [-0.39, 0.29) is 0 Å². The van der Waals surface area contributed by atoms with Gasteiger partial charge in [0.2, 0.25) is 0 Å². The van der Waals surface area contributed by atoms with Crippen LogP contribution in [0.25, 0.3) is 10.9 Å². The minimum absolute atomic E-state index is 0.301. The first-order chi connectivity index (χ1) is 7.24. The Morgan fingerprint density at radius 1 is 1.40 bits per heavy atom. The molecule has 0 spiro atoms. The lowest BCUT2D eigenvalue weighted by atomic mass is 9.92. The number of aromatic nitrogens is 1. The fourth-order valence-corrected chi connectivity index (χ4v) is 2.59. The Labute approximate surface area is 93.4 Å². The van der Waals surface area contributed by atoms with E-state index in [9.17, 15) is 0 Å². The van der Waals surface area contributed by atoms with Gasteiger partial charge in [0, 0.05) is 27.7 Å². The van der Waals surface area contributed by atoms with E-state index in [4.69, 9.17) is 17.3 Å². The zero-order valence-corrected chi connectivity index (χ0v) is 9.14. The molecule has 2 nitrogen and oxygen atoms in total. The van der Waals surface area contributed by atoms with Gasteiger partial charge < -0.3 is 10.7 Å². The molecule has 0 fully saturated rings. The van der Waals surface area contributed by atoms with Crippen LogP contribution in [0.4, 0.5) is 0 Å². The van der Waals surface area contributed by atoms with Crippen LogP contribution in [0.3, 0.4) is 0 Å². The second-order valence-corrected chi connectivity index (χ2v) is 4.71. The fraction of sp³-hybridized carbons (Fsp3) is 0.333. The number of aromatic amines is 1. The van der Waals surface area contributed by atoms with Crippen molar-refractivity contribution in [2.75, 3.05) is 0 Å². The van der Waals surface area contributed by atoms with Crippen molar-refractivity contribution in [2.24, 2.45) is 5.73 Å². The van der Waals surface area contributed by atoms with Gasteiger partial charge in [-0.05, 0) is 43.0 Å². The monoisotopic (exact) mass is 220 g/mol. The normalized spacial score (nSPS) is 20.5. The van der Waals surface area contributed by atoms with Crippen molar-refractivity contribution in [3.05, 3.63) is 34.5 Å². The molecule has 3 N–H and O–H groups in total. The van der Waals surface area contributed by atoms with E-state index in [1.807, 2.05) is 18.2 Å². The van der Waals surface area contributed by atoms with Gasteiger partial charge in [0.15, 0.2) is 0 Å². The lowest BCUT2D eigenvalue weighted by Crippen LogP contribution is -2.27. The van der Waals surface area contributed by atoms with Crippen LogP contribution in [0.2, 0.25) is 5.02 Å². The predicted octanol–water partition coefficient (Wildman–Crippen LogP) is 2.64. The van der Waals surface area contributed by atoms with E-state index in [2.05, 4.69) is 4.98 Å². The van der Waals surface area contributed by atoms with Crippen LogP contribution in [-0.4, -0.2) is 11.0 Å². The van der Waals surface area contributed by atoms with E-state index in [0.717, 1.165) is 24.3 Å². The first-order valence-electron chi connectivity index (χ1n) is 5.28. The van der Waals surface area contributed by atoms with Crippen molar-refractivity contribution in [3.8, 4) is 0 Å². The van der Waals surface area contributed by atoms with Crippen LogP contribution in [0.5, 0.6) is 0 Å². The summed E-state index contributed by atoms with van der Waals surface area (Å²) in [5.74, 6) is 0. The van der Waals surface area contributed by atoms with E-state index in [0.29, 0.717) is 6.04 Å². The van der Waals surface area contributed by atoms with Crippen molar-refractivity contribution in [2.45, 2.75) is 25.3 Å². The number of halogens is 1. The molecule has 0 bridgehead atoms. The lowest BCUT2D eigenvalue weighted by molar-refractivity contribution is 0.574. The number of H-pyrrole nitrogens is 1. The molecule has 0 aliphatic heterocycles. The zero-order valence-electron chi connectivity index (χ0n) is 8.39. The minimum atomic E-state index is 0.301. The minimum Gasteiger partial charge on any atom is -0.358 e. The molecule has 0 saturated heterocycles. The summed E-state index contributed by atoms with van der Waals surface area (Å²) in [6, 6.07) is 6.30. The van der Waals surface area contributed by atoms with Gasteiger partial charge in [-0.15, -0.1) is 0 Å². The summed E-state index contributed by atoms with van der Waals surface area (Å²) in [4.78, 5) is 3.45. The van der Waals surface area contributed by atoms with Crippen LogP contribution < -0.4 is 5.73 Å². The highest BCUT2D eigenvalue weighted by atomic mass is 35.5. The molecule has 78 valence electrons. The number of nitrogens with one attached hydrogen (secondary N) is 1. The largest absolute Gasteiger partial charge is 0.358 e. The summed E-state index contributed by atoms with van der Waals surface area (Å²) in [5.41, 5.74) is 9.88.